The van der Waals surface area contributed by atoms with Crippen LogP contribution >= 0.6 is 15.9 Å². The van der Waals surface area contributed by atoms with Gasteiger partial charge in [0.25, 0.3) is 0 Å². The minimum atomic E-state index is -1.10. The summed E-state index contributed by atoms with van der Waals surface area (Å²) in [4.78, 5) is 23.0. The van der Waals surface area contributed by atoms with E-state index in [0.717, 1.165) is 10.0 Å². The Kier molecular flexibility index (Phi) is 6.94. The van der Waals surface area contributed by atoms with Gasteiger partial charge in [-0.15, -0.1) is 0 Å². The molecule has 0 saturated carbocycles. The molecule has 5 nitrogen and oxygen atoms in total. The van der Waals surface area contributed by atoms with Crippen LogP contribution in [-0.2, 0) is 9.53 Å². The Labute approximate surface area is 132 Å². The van der Waals surface area contributed by atoms with Crippen molar-refractivity contribution in [2.45, 2.75) is 25.3 Å². The molecule has 0 saturated heterocycles. The van der Waals surface area contributed by atoms with Gasteiger partial charge in [0, 0.05) is 10.4 Å². The third kappa shape index (κ3) is 5.23. The number of alkyl carbamates (subject to hydrolysis) is 1. The summed E-state index contributed by atoms with van der Waals surface area (Å²) in [5.41, 5.74) is 0.836. The van der Waals surface area contributed by atoms with Crippen LogP contribution in [-0.4, -0.2) is 29.8 Å². The Morgan fingerprint density at radius 1 is 1.52 bits per heavy atom. The van der Waals surface area contributed by atoms with Crippen LogP contribution in [0.15, 0.2) is 41.4 Å². The molecule has 0 aliphatic carbocycles. The smallest absolute Gasteiger partial charge is 0.408 e. The molecule has 0 aromatic heterocycles. The number of carbonyl (C=O) groups excluding carboxylic acids is 1. The molecule has 21 heavy (non-hydrogen) atoms. The minimum absolute atomic E-state index is 0.0336. The molecule has 0 aliphatic heterocycles. The molecule has 6 heteroatoms. The van der Waals surface area contributed by atoms with Crippen LogP contribution in [0.25, 0.3) is 0 Å². The molecule has 1 aromatic rings. The van der Waals surface area contributed by atoms with Gasteiger partial charge in [-0.2, -0.15) is 0 Å². The van der Waals surface area contributed by atoms with Gasteiger partial charge >= 0.3 is 12.1 Å². The second-order valence-electron chi connectivity index (χ2n) is 4.42. The van der Waals surface area contributed by atoms with Crippen LogP contribution in [0.1, 0.15) is 24.8 Å². The van der Waals surface area contributed by atoms with Gasteiger partial charge < -0.3 is 15.2 Å². The van der Waals surface area contributed by atoms with Crippen molar-refractivity contribution in [2.24, 2.45) is 0 Å². The van der Waals surface area contributed by atoms with E-state index in [0.29, 0.717) is 6.42 Å². The summed E-state index contributed by atoms with van der Waals surface area (Å²) < 4.78 is 5.64. The van der Waals surface area contributed by atoms with E-state index in [1.807, 2.05) is 31.2 Å². The predicted octanol–water partition coefficient (Wildman–Crippen LogP) is 3.31. The second kappa shape index (κ2) is 8.46. The van der Waals surface area contributed by atoms with Crippen molar-refractivity contribution in [1.82, 2.24) is 5.32 Å². The Bertz CT molecular complexity index is 518. The molecule has 0 bridgehead atoms. The number of aliphatic carboxylic acids is 1. The summed E-state index contributed by atoms with van der Waals surface area (Å²) in [6, 6.07) is 6.32. The lowest BCUT2D eigenvalue weighted by atomic mass is 9.89. The number of hydrogen-bond donors (Lipinski definition) is 2. The number of amides is 1. The van der Waals surface area contributed by atoms with Crippen molar-refractivity contribution >= 4 is 28.0 Å². The van der Waals surface area contributed by atoms with Gasteiger partial charge in [0.1, 0.15) is 12.6 Å². The molecule has 2 N–H and O–H groups in total. The summed E-state index contributed by atoms with van der Waals surface area (Å²) in [5, 5.41) is 11.8. The zero-order chi connectivity index (χ0) is 15.8. The van der Waals surface area contributed by atoms with Gasteiger partial charge in [0.2, 0.25) is 0 Å². The lowest BCUT2D eigenvalue weighted by Crippen LogP contribution is -2.45. The maximum absolute atomic E-state index is 11.6. The number of carbonyl (C=O) groups is 2. The molecule has 1 rings (SSSR count). The third-order valence-corrected chi connectivity index (χ3v) is 3.48. The standard InChI is InChI=1S/C15H18BrNO4/c1-3-8-21-15(20)17-13(14(18)19)12(4-2)10-6-5-7-11(16)9-10/h3,5-7,9,12-13H,1,4,8H2,2H3,(H,17,20)(H,18,19). The summed E-state index contributed by atoms with van der Waals surface area (Å²) in [7, 11) is 0. The highest BCUT2D eigenvalue weighted by atomic mass is 79.9. The molecule has 2 unspecified atom stereocenters. The fraction of sp³-hybridized carbons (Fsp3) is 0.333. The summed E-state index contributed by atoms with van der Waals surface area (Å²) in [6.07, 6.45) is 1.21. The van der Waals surface area contributed by atoms with Gasteiger partial charge in [-0.1, -0.05) is 47.6 Å². The van der Waals surface area contributed by atoms with E-state index >= 15 is 0 Å². The molecule has 1 aromatic carbocycles. The molecule has 0 heterocycles. The molecule has 0 aliphatic rings. The summed E-state index contributed by atoms with van der Waals surface area (Å²) in [6.45, 7) is 5.34. The first kappa shape index (κ1) is 17.2. The third-order valence-electron chi connectivity index (χ3n) is 2.99. The van der Waals surface area contributed by atoms with E-state index in [4.69, 9.17) is 4.74 Å². The largest absolute Gasteiger partial charge is 0.480 e. The van der Waals surface area contributed by atoms with Crippen molar-refractivity contribution in [3.8, 4) is 0 Å². The zero-order valence-corrected chi connectivity index (χ0v) is 13.3. The zero-order valence-electron chi connectivity index (χ0n) is 11.7. The van der Waals surface area contributed by atoms with Crippen LogP contribution in [0.5, 0.6) is 0 Å². The van der Waals surface area contributed by atoms with Crippen molar-refractivity contribution < 1.29 is 19.4 Å². The highest BCUT2D eigenvalue weighted by molar-refractivity contribution is 9.10. The lowest BCUT2D eigenvalue weighted by Gasteiger charge is -2.24. The molecule has 0 spiro atoms. The fourth-order valence-electron chi connectivity index (χ4n) is 2.04. The van der Waals surface area contributed by atoms with E-state index in [1.54, 1.807) is 0 Å². The number of benzene rings is 1. The SMILES string of the molecule is C=CCOC(=O)NC(C(=O)O)C(CC)c1cccc(Br)c1. The number of ether oxygens (including phenoxy) is 1. The van der Waals surface area contributed by atoms with Gasteiger partial charge in [-0.25, -0.2) is 9.59 Å². The van der Waals surface area contributed by atoms with Crippen molar-refractivity contribution in [2.75, 3.05) is 6.61 Å². The van der Waals surface area contributed by atoms with Crippen LogP contribution in [0.4, 0.5) is 4.79 Å². The highest BCUT2D eigenvalue weighted by Gasteiger charge is 2.30. The molecule has 0 fully saturated rings. The maximum atomic E-state index is 11.6. The van der Waals surface area contributed by atoms with Crippen LogP contribution in [0.3, 0.4) is 0 Å². The number of rotatable bonds is 7. The van der Waals surface area contributed by atoms with Crippen LogP contribution in [0, 0.1) is 0 Å². The van der Waals surface area contributed by atoms with Gasteiger partial charge in [0.15, 0.2) is 0 Å². The molecule has 2 atom stereocenters. The van der Waals surface area contributed by atoms with Crippen LogP contribution < -0.4 is 5.32 Å². The van der Waals surface area contributed by atoms with E-state index < -0.39 is 18.1 Å². The fourth-order valence-corrected chi connectivity index (χ4v) is 2.46. The van der Waals surface area contributed by atoms with Crippen molar-refractivity contribution in [3.63, 3.8) is 0 Å². The molecule has 0 radical (unpaired) electrons. The Morgan fingerprint density at radius 2 is 2.24 bits per heavy atom. The first-order valence-electron chi connectivity index (χ1n) is 6.52. The van der Waals surface area contributed by atoms with Crippen LogP contribution in [0.2, 0.25) is 0 Å². The Balaban J connectivity index is 2.93. The number of halogens is 1. The number of nitrogens with one attached hydrogen (secondary N) is 1. The monoisotopic (exact) mass is 355 g/mol. The molecule has 114 valence electrons. The number of carboxylic acid groups (broad SMARTS) is 1. The van der Waals surface area contributed by atoms with E-state index in [-0.39, 0.29) is 12.5 Å². The average molecular weight is 356 g/mol. The quantitative estimate of drug-likeness (QED) is 0.735. The highest BCUT2D eigenvalue weighted by Crippen LogP contribution is 2.26. The normalized spacial score (nSPS) is 13.0. The molecular formula is C15H18BrNO4. The minimum Gasteiger partial charge on any atom is -0.480 e. The van der Waals surface area contributed by atoms with E-state index in [1.165, 1.54) is 6.08 Å². The first-order valence-corrected chi connectivity index (χ1v) is 7.31. The summed E-state index contributed by atoms with van der Waals surface area (Å²) in [5.74, 6) is -1.45. The Morgan fingerprint density at radius 3 is 2.76 bits per heavy atom. The second-order valence-corrected chi connectivity index (χ2v) is 5.33. The van der Waals surface area contributed by atoms with Crippen molar-refractivity contribution in [3.05, 3.63) is 47.0 Å². The molecular weight excluding hydrogens is 338 g/mol. The number of hydrogen-bond acceptors (Lipinski definition) is 3. The molecule has 1 amide bonds. The predicted molar refractivity (Wildman–Crippen MR) is 83.3 cm³/mol. The lowest BCUT2D eigenvalue weighted by molar-refractivity contribution is -0.140. The summed E-state index contributed by atoms with van der Waals surface area (Å²) >= 11 is 3.36. The Hall–Kier alpha value is -1.82. The average Bonchev–Trinajstić information content (AvgIpc) is 2.44. The van der Waals surface area contributed by atoms with Gasteiger partial charge in [0.05, 0.1) is 0 Å². The van der Waals surface area contributed by atoms with Gasteiger partial charge in [-0.3, -0.25) is 0 Å². The topological polar surface area (TPSA) is 75.6 Å². The van der Waals surface area contributed by atoms with E-state index in [9.17, 15) is 14.7 Å². The number of carboxylic acids is 1. The van der Waals surface area contributed by atoms with Gasteiger partial charge in [-0.05, 0) is 24.1 Å². The maximum Gasteiger partial charge on any atom is 0.408 e. The van der Waals surface area contributed by atoms with Crippen molar-refractivity contribution in [1.29, 1.82) is 0 Å². The first-order chi connectivity index (χ1) is 9.99. The van der Waals surface area contributed by atoms with E-state index in [2.05, 4.69) is 27.8 Å².